The van der Waals surface area contributed by atoms with Crippen molar-refractivity contribution in [2.45, 2.75) is 26.8 Å². The van der Waals surface area contributed by atoms with Crippen LogP contribution in [0.25, 0.3) is 0 Å². The molecule has 0 radical (unpaired) electrons. The molecule has 0 saturated heterocycles. The lowest BCUT2D eigenvalue weighted by molar-refractivity contribution is 0.519. The van der Waals surface area contributed by atoms with Gasteiger partial charge in [0.2, 0.25) is 0 Å². The van der Waals surface area contributed by atoms with Crippen LogP contribution in [-0.4, -0.2) is 6.54 Å². The Morgan fingerprint density at radius 3 is 2.75 bits per heavy atom. The van der Waals surface area contributed by atoms with E-state index < -0.39 is 0 Å². The quantitative estimate of drug-likeness (QED) is 0.833. The summed E-state index contributed by atoms with van der Waals surface area (Å²) in [5, 5.41) is 3.50. The van der Waals surface area contributed by atoms with Crippen LogP contribution in [0.2, 0.25) is 0 Å². The average molecular weight is 283 g/mol. The molecule has 0 heterocycles. The number of hydrogen-bond donors (Lipinski definition) is 2. The van der Waals surface area contributed by atoms with Crippen molar-refractivity contribution in [3.63, 3.8) is 0 Å². The van der Waals surface area contributed by atoms with Crippen LogP contribution in [0.3, 0.4) is 0 Å². The van der Waals surface area contributed by atoms with Crippen molar-refractivity contribution in [3.8, 4) is 0 Å². The van der Waals surface area contributed by atoms with Crippen LogP contribution in [0.4, 0.5) is 5.69 Å². The van der Waals surface area contributed by atoms with Gasteiger partial charge in [0.15, 0.2) is 0 Å². The minimum Gasteiger partial charge on any atom is -0.398 e. The fraction of sp³-hybridized carbons (Fsp3) is 0.538. The topological polar surface area (TPSA) is 38.0 Å². The maximum absolute atomic E-state index is 5.74. The summed E-state index contributed by atoms with van der Waals surface area (Å²) >= 11 is 3.44. The van der Waals surface area contributed by atoms with E-state index in [-0.39, 0.29) is 0 Å². The van der Waals surface area contributed by atoms with E-state index >= 15 is 0 Å². The number of benzene rings is 1. The molecule has 1 aliphatic rings. The van der Waals surface area contributed by atoms with Gasteiger partial charge in [-0.3, -0.25) is 0 Å². The van der Waals surface area contributed by atoms with Crippen molar-refractivity contribution in [1.29, 1.82) is 0 Å². The lowest BCUT2D eigenvalue weighted by atomic mass is 10.1. The highest BCUT2D eigenvalue weighted by Gasteiger charge is 2.44. The molecular weight excluding hydrogens is 264 g/mol. The summed E-state index contributed by atoms with van der Waals surface area (Å²) in [6.07, 6.45) is 1.35. The van der Waals surface area contributed by atoms with E-state index in [4.69, 9.17) is 5.73 Å². The van der Waals surface area contributed by atoms with E-state index in [9.17, 15) is 0 Å². The number of anilines is 1. The molecule has 3 N–H and O–H groups in total. The monoisotopic (exact) mass is 282 g/mol. The van der Waals surface area contributed by atoms with Crippen molar-refractivity contribution in [2.24, 2.45) is 11.3 Å². The zero-order valence-electron chi connectivity index (χ0n) is 9.89. The smallest absolute Gasteiger partial charge is 0.0458 e. The molecule has 0 bridgehead atoms. The molecule has 0 amide bonds. The summed E-state index contributed by atoms with van der Waals surface area (Å²) in [5.74, 6) is 0.852. The molecule has 1 atom stereocenters. The summed E-state index contributed by atoms with van der Waals surface area (Å²) in [7, 11) is 0. The maximum Gasteiger partial charge on any atom is 0.0458 e. The zero-order valence-corrected chi connectivity index (χ0v) is 11.5. The van der Waals surface area contributed by atoms with Gasteiger partial charge in [0.05, 0.1) is 0 Å². The van der Waals surface area contributed by atoms with Gasteiger partial charge in [-0.2, -0.15) is 0 Å². The highest BCUT2D eigenvalue weighted by Crippen LogP contribution is 2.50. The second-order valence-electron chi connectivity index (χ2n) is 5.38. The van der Waals surface area contributed by atoms with Crippen LogP contribution in [0.1, 0.15) is 25.8 Å². The van der Waals surface area contributed by atoms with Crippen LogP contribution < -0.4 is 11.1 Å². The number of rotatable bonds is 4. The first-order valence-electron chi connectivity index (χ1n) is 5.74. The molecule has 1 aromatic rings. The predicted octanol–water partition coefficient (Wildman–Crippen LogP) is 3.17. The van der Waals surface area contributed by atoms with E-state index in [2.05, 4.69) is 47.2 Å². The molecule has 1 saturated carbocycles. The maximum atomic E-state index is 5.74. The van der Waals surface area contributed by atoms with Crippen LogP contribution in [0.15, 0.2) is 22.7 Å². The molecular formula is C13H19BrN2. The predicted molar refractivity (Wildman–Crippen MR) is 72.1 cm³/mol. The van der Waals surface area contributed by atoms with Crippen molar-refractivity contribution in [3.05, 3.63) is 28.2 Å². The highest BCUT2D eigenvalue weighted by molar-refractivity contribution is 9.10. The van der Waals surface area contributed by atoms with Gasteiger partial charge < -0.3 is 11.1 Å². The summed E-state index contributed by atoms with van der Waals surface area (Å²) in [5.41, 5.74) is 8.38. The van der Waals surface area contributed by atoms with Gasteiger partial charge in [-0.05, 0) is 57.9 Å². The first kappa shape index (κ1) is 11.9. The molecule has 16 heavy (non-hydrogen) atoms. The van der Waals surface area contributed by atoms with Gasteiger partial charge in [-0.1, -0.05) is 19.9 Å². The third kappa shape index (κ3) is 2.77. The fourth-order valence-electron chi connectivity index (χ4n) is 2.00. The lowest BCUT2D eigenvalue weighted by Gasteiger charge is -2.07. The second kappa shape index (κ2) is 4.38. The first-order chi connectivity index (χ1) is 7.49. The molecule has 0 spiro atoms. The number of halogens is 1. The van der Waals surface area contributed by atoms with E-state index in [1.54, 1.807) is 0 Å². The first-order valence-corrected chi connectivity index (χ1v) is 6.53. The van der Waals surface area contributed by atoms with E-state index in [0.717, 1.165) is 29.2 Å². The summed E-state index contributed by atoms with van der Waals surface area (Å²) in [4.78, 5) is 0. The number of nitrogens with one attached hydrogen (secondary N) is 1. The van der Waals surface area contributed by atoms with Crippen LogP contribution in [-0.2, 0) is 6.54 Å². The Balaban J connectivity index is 1.79. The Kier molecular flexibility index (Phi) is 3.27. The van der Waals surface area contributed by atoms with Gasteiger partial charge in [0, 0.05) is 16.7 Å². The molecule has 3 heteroatoms. The van der Waals surface area contributed by atoms with Crippen molar-refractivity contribution in [2.75, 3.05) is 12.3 Å². The van der Waals surface area contributed by atoms with E-state index in [1.807, 2.05) is 6.07 Å². The Labute approximate surface area is 106 Å². The molecule has 88 valence electrons. The van der Waals surface area contributed by atoms with Gasteiger partial charge in [-0.25, -0.2) is 0 Å². The number of nitrogen functional groups attached to an aromatic ring is 1. The molecule has 1 aliphatic carbocycles. The number of nitrogens with two attached hydrogens (primary N) is 1. The van der Waals surface area contributed by atoms with Crippen molar-refractivity contribution < 1.29 is 0 Å². The van der Waals surface area contributed by atoms with Crippen LogP contribution >= 0.6 is 15.9 Å². The average Bonchev–Trinajstić information content (AvgIpc) is 2.80. The molecule has 2 nitrogen and oxygen atoms in total. The SMILES string of the molecule is CC1(C)CC1CNCc1ccc(N)c(Br)c1. The Hall–Kier alpha value is -0.540. The highest BCUT2D eigenvalue weighted by atomic mass is 79.9. The summed E-state index contributed by atoms with van der Waals surface area (Å²) < 4.78 is 0.985. The number of hydrogen-bond acceptors (Lipinski definition) is 2. The normalized spacial score (nSPS) is 22.1. The largest absolute Gasteiger partial charge is 0.398 e. The van der Waals surface area contributed by atoms with Gasteiger partial charge in [-0.15, -0.1) is 0 Å². The molecule has 2 rings (SSSR count). The van der Waals surface area contributed by atoms with E-state index in [0.29, 0.717) is 5.41 Å². The molecule has 1 unspecified atom stereocenters. The lowest BCUT2D eigenvalue weighted by Crippen LogP contribution is -2.18. The molecule has 0 aromatic heterocycles. The second-order valence-corrected chi connectivity index (χ2v) is 6.23. The third-order valence-corrected chi connectivity index (χ3v) is 4.19. The summed E-state index contributed by atoms with van der Waals surface area (Å²) in [6, 6.07) is 6.10. The molecule has 0 aliphatic heterocycles. The van der Waals surface area contributed by atoms with Crippen molar-refractivity contribution in [1.82, 2.24) is 5.32 Å². The van der Waals surface area contributed by atoms with Crippen molar-refractivity contribution >= 4 is 21.6 Å². The van der Waals surface area contributed by atoms with Gasteiger partial charge in [0.25, 0.3) is 0 Å². The Bertz CT molecular complexity index is 388. The Morgan fingerprint density at radius 2 is 2.19 bits per heavy atom. The molecule has 1 fully saturated rings. The summed E-state index contributed by atoms with van der Waals surface area (Å²) in [6.45, 7) is 6.71. The Morgan fingerprint density at radius 1 is 1.50 bits per heavy atom. The van der Waals surface area contributed by atoms with Crippen LogP contribution in [0, 0.1) is 11.3 Å². The minimum absolute atomic E-state index is 0.564. The fourth-order valence-corrected chi connectivity index (χ4v) is 2.42. The van der Waals surface area contributed by atoms with Gasteiger partial charge in [0.1, 0.15) is 0 Å². The van der Waals surface area contributed by atoms with Gasteiger partial charge >= 0.3 is 0 Å². The molecule has 1 aromatic carbocycles. The minimum atomic E-state index is 0.564. The van der Waals surface area contributed by atoms with Crippen LogP contribution in [0.5, 0.6) is 0 Å². The standard InChI is InChI=1S/C13H19BrN2/c1-13(2)6-10(13)8-16-7-9-3-4-12(15)11(14)5-9/h3-5,10,16H,6-8,15H2,1-2H3. The zero-order chi connectivity index (χ0) is 11.8. The third-order valence-electron chi connectivity index (χ3n) is 3.50. The van der Waals surface area contributed by atoms with E-state index in [1.165, 1.54) is 12.0 Å².